The van der Waals surface area contributed by atoms with E-state index in [0.29, 0.717) is 6.61 Å². The topological polar surface area (TPSA) is 47.6 Å². The first-order valence-corrected chi connectivity index (χ1v) is 6.68. The molecule has 0 aliphatic carbocycles. The number of carbonyl (C=O) groups excluding carboxylic acids is 1. The number of benzene rings is 1. The summed E-state index contributed by atoms with van der Waals surface area (Å²) in [5, 5.41) is 3.00. The van der Waals surface area contributed by atoms with Crippen molar-refractivity contribution in [1.82, 2.24) is 5.32 Å². The summed E-state index contributed by atoms with van der Waals surface area (Å²) in [7, 11) is 1.64. The summed E-state index contributed by atoms with van der Waals surface area (Å²) >= 11 is 0. The number of rotatable bonds is 4. The Balaban J connectivity index is 2.08. The van der Waals surface area contributed by atoms with Gasteiger partial charge in [-0.25, -0.2) is 0 Å². The van der Waals surface area contributed by atoms with Crippen molar-refractivity contribution < 1.29 is 14.3 Å². The van der Waals surface area contributed by atoms with Crippen LogP contribution in [0.3, 0.4) is 0 Å². The standard InChI is InChI=1S/C15H21NO3/c1-10-6-7-13(18-3)12(9-10)11(2)16-15(17)14-5-4-8-19-14/h6-7,9,11,14H,4-5,8H2,1-3H3,(H,16,17)/t11-,14+/m0/s1. The minimum absolute atomic E-state index is 0.0337. The second-order valence-corrected chi connectivity index (χ2v) is 4.98. The molecule has 104 valence electrons. The Morgan fingerprint density at radius 3 is 2.95 bits per heavy atom. The molecule has 0 aromatic heterocycles. The molecular formula is C15H21NO3. The van der Waals surface area contributed by atoms with Gasteiger partial charge in [0.05, 0.1) is 13.2 Å². The van der Waals surface area contributed by atoms with Crippen LogP contribution in [0.25, 0.3) is 0 Å². The fraction of sp³-hybridized carbons (Fsp3) is 0.533. The molecule has 4 nitrogen and oxygen atoms in total. The highest BCUT2D eigenvalue weighted by molar-refractivity contribution is 5.81. The zero-order valence-electron chi connectivity index (χ0n) is 11.7. The van der Waals surface area contributed by atoms with Gasteiger partial charge in [0.25, 0.3) is 0 Å². The molecule has 0 bridgehead atoms. The van der Waals surface area contributed by atoms with Crippen molar-refractivity contribution in [2.45, 2.75) is 38.8 Å². The van der Waals surface area contributed by atoms with E-state index in [1.165, 1.54) is 0 Å². The van der Waals surface area contributed by atoms with E-state index in [0.717, 1.165) is 29.7 Å². The van der Waals surface area contributed by atoms with Crippen LogP contribution in [0.2, 0.25) is 0 Å². The van der Waals surface area contributed by atoms with E-state index >= 15 is 0 Å². The summed E-state index contributed by atoms with van der Waals surface area (Å²) in [6.45, 7) is 4.67. The molecule has 1 saturated heterocycles. The molecule has 0 spiro atoms. The molecule has 4 heteroatoms. The Labute approximate surface area is 114 Å². The molecule has 19 heavy (non-hydrogen) atoms. The molecule has 1 amide bonds. The molecule has 1 aliphatic heterocycles. The van der Waals surface area contributed by atoms with Gasteiger partial charge in [0.15, 0.2) is 0 Å². The zero-order chi connectivity index (χ0) is 13.8. The maximum Gasteiger partial charge on any atom is 0.249 e. The number of methoxy groups -OCH3 is 1. The average molecular weight is 263 g/mol. The van der Waals surface area contributed by atoms with Crippen LogP contribution in [0.5, 0.6) is 5.75 Å². The molecule has 0 radical (unpaired) electrons. The maximum absolute atomic E-state index is 12.0. The zero-order valence-corrected chi connectivity index (χ0v) is 11.7. The molecule has 1 fully saturated rings. The van der Waals surface area contributed by atoms with Gasteiger partial charge in [-0.1, -0.05) is 17.7 Å². The number of aryl methyl sites for hydroxylation is 1. The van der Waals surface area contributed by atoms with E-state index < -0.39 is 0 Å². The molecular weight excluding hydrogens is 242 g/mol. The summed E-state index contributed by atoms with van der Waals surface area (Å²) in [4.78, 5) is 12.0. The van der Waals surface area contributed by atoms with Crippen molar-refractivity contribution in [3.63, 3.8) is 0 Å². The highest BCUT2D eigenvalue weighted by Gasteiger charge is 2.25. The average Bonchev–Trinajstić information content (AvgIpc) is 2.92. The van der Waals surface area contributed by atoms with Crippen LogP contribution in [0.1, 0.15) is 36.9 Å². The van der Waals surface area contributed by atoms with Gasteiger partial charge in [-0.05, 0) is 32.8 Å². The molecule has 1 aromatic carbocycles. The highest BCUT2D eigenvalue weighted by atomic mass is 16.5. The predicted molar refractivity (Wildman–Crippen MR) is 73.3 cm³/mol. The van der Waals surface area contributed by atoms with Crippen LogP contribution in [-0.2, 0) is 9.53 Å². The molecule has 2 atom stereocenters. The lowest BCUT2D eigenvalue weighted by atomic mass is 10.0. The van der Waals surface area contributed by atoms with Crippen molar-refractivity contribution in [2.75, 3.05) is 13.7 Å². The number of carbonyl (C=O) groups is 1. The van der Waals surface area contributed by atoms with Gasteiger partial charge in [-0.15, -0.1) is 0 Å². The summed E-state index contributed by atoms with van der Waals surface area (Å²) in [6.07, 6.45) is 1.47. The van der Waals surface area contributed by atoms with Crippen LogP contribution in [0, 0.1) is 6.92 Å². The summed E-state index contributed by atoms with van der Waals surface area (Å²) in [5.41, 5.74) is 2.14. The minimum atomic E-state index is -0.293. The Hall–Kier alpha value is -1.55. The van der Waals surface area contributed by atoms with Crippen LogP contribution in [0.15, 0.2) is 18.2 Å². The Morgan fingerprint density at radius 2 is 2.32 bits per heavy atom. The van der Waals surface area contributed by atoms with Crippen molar-refractivity contribution in [2.24, 2.45) is 0 Å². The molecule has 0 unspecified atom stereocenters. The lowest BCUT2D eigenvalue weighted by Gasteiger charge is -2.19. The summed E-state index contributed by atoms with van der Waals surface area (Å²) in [6, 6.07) is 5.88. The second-order valence-electron chi connectivity index (χ2n) is 4.98. The summed E-state index contributed by atoms with van der Waals surface area (Å²) in [5.74, 6) is 0.763. The third kappa shape index (κ3) is 3.26. The van der Waals surface area contributed by atoms with Crippen molar-refractivity contribution in [3.05, 3.63) is 29.3 Å². The Bertz CT molecular complexity index is 453. The molecule has 1 heterocycles. The van der Waals surface area contributed by atoms with Gasteiger partial charge < -0.3 is 14.8 Å². The Morgan fingerprint density at radius 1 is 1.53 bits per heavy atom. The largest absolute Gasteiger partial charge is 0.496 e. The first kappa shape index (κ1) is 13.9. The smallest absolute Gasteiger partial charge is 0.249 e. The van der Waals surface area contributed by atoms with Crippen LogP contribution in [0.4, 0.5) is 0 Å². The first-order valence-electron chi connectivity index (χ1n) is 6.68. The summed E-state index contributed by atoms with van der Waals surface area (Å²) < 4.78 is 10.7. The van der Waals surface area contributed by atoms with Crippen LogP contribution in [-0.4, -0.2) is 25.7 Å². The van der Waals surface area contributed by atoms with Gasteiger partial charge in [0.2, 0.25) is 5.91 Å². The van der Waals surface area contributed by atoms with Crippen LogP contribution >= 0.6 is 0 Å². The quantitative estimate of drug-likeness (QED) is 0.907. The lowest BCUT2D eigenvalue weighted by molar-refractivity contribution is -0.130. The number of hydrogen-bond donors (Lipinski definition) is 1. The van der Waals surface area contributed by atoms with E-state index in [2.05, 4.69) is 5.32 Å². The maximum atomic E-state index is 12.0. The molecule has 1 N–H and O–H groups in total. The van der Waals surface area contributed by atoms with Gasteiger partial charge in [0, 0.05) is 12.2 Å². The second kappa shape index (κ2) is 6.06. The normalized spacial score (nSPS) is 20.1. The van der Waals surface area contributed by atoms with Gasteiger partial charge in [-0.2, -0.15) is 0 Å². The monoisotopic (exact) mass is 263 g/mol. The van der Waals surface area contributed by atoms with Crippen molar-refractivity contribution >= 4 is 5.91 Å². The third-order valence-corrected chi connectivity index (χ3v) is 3.43. The third-order valence-electron chi connectivity index (χ3n) is 3.43. The first-order chi connectivity index (χ1) is 9.11. The van der Waals surface area contributed by atoms with Crippen molar-refractivity contribution in [3.8, 4) is 5.75 Å². The van der Waals surface area contributed by atoms with E-state index in [4.69, 9.17) is 9.47 Å². The number of nitrogens with one attached hydrogen (secondary N) is 1. The molecule has 0 saturated carbocycles. The van der Waals surface area contributed by atoms with E-state index in [9.17, 15) is 4.79 Å². The van der Waals surface area contributed by atoms with Crippen LogP contribution < -0.4 is 10.1 Å². The van der Waals surface area contributed by atoms with E-state index in [1.54, 1.807) is 7.11 Å². The highest BCUT2D eigenvalue weighted by Crippen LogP contribution is 2.26. The van der Waals surface area contributed by atoms with E-state index in [-0.39, 0.29) is 18.1 Å². The molecule has 1 aliphatic rings. The molecule has 2 rings (SSSR count). The number of ether oxygens (including phenoxy) is 2. The number of hydrogen-bond acceptors (Lipinski definition) is 3. The lowest BCUT2D eigenvalue weighted by Crippen LogP contribution is -2.35. The Kier molecular flexibility index (Phi) is 4.43. The van der Waals surface area contributed by atoms with Crippen molar-refractivity contribution in [1.29, 1.82) is 0 Å². The minimum Gasteiger partial charge on any atom is -0.496 e. The SMILES string of the molecule is COc1ccc(C)cc1[C@H](C)NC(=O)[C@H]1CCCO1. The van der Waals surface area contributed by atoms with Gasteiger partial charge in [-0.3, -0.25) is 4.79 Å². The predicted octanol–water partition coefficient (Wildman–Crippen LogP) is 2.36. The fourth-order valence-electron chi connectivity index (χ4n) is 2.36. The number of amides is 1. The van der Waals surface area contributed by atoms with Gasteiger partial charge in [0.1, 0.15) is 11.9 Å². The van der Waals surface area contributed by atoms with E-state index in [1.807, 2.05) is 32.0 Å². The fourth-order valence-corrected chi connectivity index (χ4v) is 2.36. The van der Waals surface area contributed by atoms with Gasteiger partial charge >= 0.3 is 0 Å². The molecule has 1 aromatic rings.